The van der Waals surface area contributed by atoms with Crippen molar-refractivity contribution < 1.29 is 14.7 Å². The van der Waals surface area contributed by atoms with Gasteiger partial charge in [-0.05, 0) is 18.6 Å². The van der Waals surface area contributed by atoms with Crippen LogP contribution in [0.2, 0.25) is 0 Å². The Morgan fingerprint density at radius 1 is 1.30 bits per heavy atom. The number of rotatable bonds is 3. The van der Waals surface area contributed by atoms with Crippen molar-refractivity contribution in [2.45, 2.75) is 37.8 Å². The zero-order valence-corrected chi connectivity index (χ0v) is 15.5. The molecule has 2 aliphatic heterocycles. The summed E-state index contributed by atoms with van der Waals surface area (Å²) in [7, 11) is 0. The predicted octanol–water partition coefficient (Wildman–Crippen LogP) is 2.41. The average molecular weight is 365 g/mol. The maximum absolute atomic E-state index is 12.9. The molecule has 2 saturated heterocycles. The molecule has 0 spiro atoms. The molecule has 0 aliphatic carbocycles. The number of amides is 2. The monoisotopic (exact) mass is 365 g/mol. The third-order valence-electron chi connectivity index (χ3n) is 5.63. The molecule has 27 heavy (non-hydrogen) atoms. The van der Waals surface area contributed by atoms with Crippen LogP contribution in [0.25, 0.3) is 17.0 Å². The third kappa shape index (κ3) is 2.51. The number of para-hydroxylation sites is 1. The average Bonchev–Trinajstić information content (AvgIpc) is 3.22. The van der Waals surface area contributed by atoms with Gasteiger partial charge in [0.25, 0.3) is 11.8 Å². The molecule has 3 N–H and O–H groups in total. The number of aliphatic hydroxyl groups is 1. The maximum Gasteiger partial charge on any atom is 0.277 e. The number of hydrogen-bond acceptors (Lipinski definition) is 3. The molecule has 2 aromatic rings. The first-order chi connectivity index (χ1) is 12.8. The highest BCUT2D eigenvalue weighted by Gasteiger charge is 2.52. The highest BCUT2D eigenvalue weighted by molar-refractivity contribution is 6.10. The van der Waals surface area contributed by atoms with Crippen molar-refractivity contribution in [2.24, 2.45) is 0 Å². The maximum atomic E-state index is 12.9. The SMILES string of the molecule is C=CC(C)(C)c1[nH]c2ccccc2c1C=C1NC(=O)C2(O)CCCN2C1=O. The summed E-state index contributed by atoms with van der Waals surface area (Å²) in [6, 6.07) is 7.82. The summed E-state index contributed by atoms with van der Waals surface area (Å²) in [6.07, 6.45) is 4.42. The van der Waals surface area contributed by atoms with Crippen molar-refractivity contribution >= 4 is 28.8 Å². The van der Waals surface area contributed by atoms with Gasteiger partial charge in [-0.15, -0.1) is 6.58 Å². The van der Waals surface area contributed by atoms with Gasteiger partial charge >= 0.3 is 0 Å². The molecule has 6 nitrogen and oxygen atoms in total. The summed E-state index contributed by atoms with van der Waals surface area (Å²) < 4.78 is 0. The Morgan fingerprint density at radius 2 is 2.04 bits per heavy atom. The van der Waals surface area contributed by atoms with Crippen LogP contribution >= 0.6 is 0 Å². The fraction of sp³-hybridized carbons (Fsp3) is 0.333. The van der Waals surface area contributed by atoms with Crippen molar-refractivity contribution in [1.29, 1.82) is 0 Å². The third-order valence-corrected chi connectivity index (χ3v) is 5.63. The van der Waals surface area contributed by atoms with Crippen LogP contribution < -0.4 is 5.32 Å². The van der Waals surface area contributed by atoms with Crippen molar-refractivity contribution in [3.63, 3.8) is 0 Å². The highest BCUT2D eigenvalue weighted by atomic mass is 16.3. The Bertz CT molecular complexity index is 1000. The molecule has 0 saturated carbocycles. The Morgan fingerprint density at radius 3 is 2.78 bits per heavy atom. The van der Waals surface area contributed by atoms with Gasteiger partial charge in [-0.1, -0.05) is 38.1 Å². The van der Waals surface area contributed by atoms with E-state index in [1.165, 1.54) is 4.90 Å². The zero-order chi connectivity index (χ0) is 19.4. The number of nitrogens with one attached hydrogen (secondary N) is 2. The van der Waals surface area contributed by atoms with Gasteiger partial charge in [-0.3, -0.25) is 9.59 Å². The minimum Gasteiger partial charge on any atom is -0.363 e. The lowest BCUT2D eigenvalue weighted by Gasteiger charge is -2.37. The topological polar surface area (TPSA) is 85.4 Å². The standard InChI is InChI=1S/C21H23N3O3/c1-4-20(2,3)17-14(13-8-5-6-9-15(13)22-17)12-16-18(25)24-11-7-10-21(24,27)19(26)23-16/h4-6,8-9,12,22,27H,1,7,10-11H2,2-3H3,(H,23,26). The van der Waals surface area contributed by atoms with Crippen LogP contribution in [0.5, 0.6) is 0 Å². The fourth-order valence-corrected chi connectivity index (χ4v) is 3.90. The molecule has 6 heteroatoms. The van der Waals surface area contributed by atoms with Crippen LogP contribution in [0.3, 0.4) is 0 Å². The van der Waals surface area contributed by atoms with E-state index in [0.29, 0.717) is 13.0 Å². The molecule has 1 aromatic carbocycles. The van der Waals surface area contributed by atoms with E-state index in [4.69, 9.17) is 0 Å². The summed E-state index contributed by atoms with van der Waals surface area (Å²) in [5.41, 5.74) is 0.789. The summed E-state index contributed by atoms with van der Waals surface area (Å²) in [4.78, 5) is 30.1. The fourth-order valence-electron chi connectivity index (χ4n) is 3.90. The van der Waals surface area contributed by atoms with Crippen molar-refractivity contribution in [2.75, 3.05) is 6.54 Å². The number of carbonyl (C=O) groups excluding carboxylic acids is 2. The number of piperazine rings is 1. The number of allylic oxidation sites excluding steroid dienone is 1. The van der Waals surface area contributed by atoms with E-state index < -0.39 is 11.6 Å². The lowest BCUT2D eigenvalue weighted by Crippen LogP contribution is -2.63. The minimum absolute atomic E-state index is 0.178. The molecule has 2 amide bonds. The first kappa shape index (κ1) is 17.5. The number of aromatic amines is 1. The summed E-state index contributed by atoms with van der Waals surface area (Å²) in [5.74, 6) is -0.905. The van der Waals surface area contributed by atoms with E-state index in [9.17, 15) is 14.7 Å². The highest BCUT2D eigenvalue weighted by Crippen LogP contribution is 2.36. The second-order valence-electron chi connectivity index (χ2n) is 7.77. The Hall–Kier alpha value is -2.86. The van der Waals surface area contributed by atoms with Gasteiger partial charge < -0.3 is 20.3 Å². The van der Waals surface area contributed by atoms with E-state index in [0.717, 1.165) is 22.2 Å². The number of aromatic nitrogens is 1. The van der Waals surface area contributed by atoms with E-state index >= 15 is 0 Å². The number of fused-ring (bicyclic) bond motifs is 2. The molecule has 1 atom stereocenters. The molecule has 0 bridgehead atoms. The smallest absolute Gasteiger partial charge is 0.277 e. The molecular weight excluding hydrogens is 342 g/mol. The Kier molecular flexibility index (Phi) is 3.78. The Balaban J connectivity index is 1.88. The van der Waals surface area contributed by atoms with Crippen LogP contribution in [-0.2, 0) is 15.0 Å². The lowest BCUT2D eigenvalue weighted by atomic mass is 9.86. The van der Waals surface area contributed by atoms with Gasteiger partial charge in [0.05, 0.1) is 0 Å². The molecule has 2 aliphatic rings. The molecule has 3 heterocycles. The normalized spacial score (nSPS) is 24.4. The van der Waals surface area contributed by atoms with Crippen LogP contribution in [0.1, 0.15) is 37.9 Å². The molecule has 140 valence electrons. The van der Waals surface area contributed by atoms with Crippen molar-refractivity contribution in [1.82, 2.24) is 15.2 Å². The van der Waals surface area contributed by atoms with Crippen LogP contribution in [0, 0.1) is 0 Å². The predicted molar refractivity (Wildman–Crippen MR) is 104 cm³/mol. The van der Waals surface area contributed by atoms with Gasteiger partial charge in [0.1, 0.15) is 5.70 Å². The molecule has 0 radical (unpaired) electrons. The molecular formula is C21H23N3O3. The molecule has 1 unspecified atom stereocenters. The first-order valence-electron chi connectivity index (χ1n) is 9.10. The largest absolute Gasteiger partial charge is 0.363 e. The van der Waals surface area contributed by atoms with E-state index in [2.05, 4.69) is 16.9 Å². The number of hydrogen-bond donors (Lipinski definition) is 3. The van der Waals surface area contributed by atoms with Gasteiger partial charge in [0.15, 0.2) is 0 Å². The van der Waals surface area contributed by atoms with Gasteiger partial charge in [0.2, 0.25) is 5.72 Å². The van der Waals surface area contributed by atoms with E-state index in [1.54, 1.807) is 6.08 Å². The minimum atomic E-state index is -1.72. The second-order valence-corrected chi connectivity index (χ2v) is 7.77. The number of H-pyrrole nitrogens is 1. The van der Waals surface area contributed by atoms with Crippen molar-refractivity contribution in [3.8, 4) is 0 Å². The number of nitrogens with zero attached hydrogens (tertiary/aromatic N) is 1. The first-order valence-corrected chi connectivity index (χ1v) is 9.10. The second kappa shape index (κ2) is 5.82. The molecule has 1 aromatic heterocycles. The zero-order valence-electron chi connectivity index (χ0n) is 15.5. The summed E-state index contributed by atoms with van der Waals surface area (Å²) >= 11 is 0. The Labute approximate surface area is 157 Å². The number of benzene rings is 1. The van der Waals surface area contributed by atoms with E-state index in [-0.39, 0.29) is 23.4 Å². The van der Waals surface area contributed by atoms with Gasteiger partial charge in [0, 0.05) is 40.5 Å². The molecule has 4 rings (SSSR count). The molecule has 2 fully saturated rings. The van der Waals surface area contributed by atoms with Gasteiger partial charge in [-0.25, -0.2) is 0 Å². The van der Waals surface area contributed by atoms with Crippen LogP contribution in [0.4, 0.5) is 0 Å². The van der Waals surface area contributed by atoms with Crippen molar-refractivity contribution in [3.05, 3.63) is 53.9 Å². The van der Waals surface area contributed by atoms with Crippen LogP contribution in [-0.4, -0.2) is 39.1 Å². The number of carbonyl (C=O) groups is 2. The summed E-state index contributed by atoms with van der Waals surface area (Å²) in [6.45, 7) is 8.37. The lowest BCUT2D eigenvalue weighted by molar-refractivity contribution is -0.170. The quantitative estimate of drug-likeness (QED) is 0.577. The van der Waals surface area contributed by atoms with Gasteiger partial charge in [-0.2, -0.15) is 0 Å². The van der Waals surface area contributed by atoms with Crippen LogP contribution in [0.15, 0.2) is 42.6 Å². The summed E-state index contributed by atoms with van der Waals surface area (Å²) in [5, 5.41) is 14.1. The van der Waals surface area contributed by atoms with E-state index in [1.807, 2.05) is 44.2 Å².